The molecule has 0 bridgehead atoms. The van der Waals surface area contributed by atoms with Gasteiger partial charge in [0.2, 0.25) is 5.91 Å². The fourth-order valence-corrected chi connectivity index (χ4v) is 1.96. The lowest BCUT2D eigenvalue weighted by Crippen LogP contribution is -2.49. The molecule has 0 radical (unpaired) electrons. The number of rotatable bonds is 1. The number of nitrogens with one attached hydrogen (secondary N) is 2. The standard InChI is InChI=1S/C8H16N2OS/c1-8(2,3)10-7(11)6-4-12-5-9-6/h6,9H,4-5H2,1-3H3,(H,10,11)/t6-/m1/s1. The molecule has 1 saturated heterocycles. The van der Waals surface area contributed by atoms with E-state index in [0.29, 0.717) is 0 Å². The summed E-state index contributed by atoms with van der Waals surface area (Å²) >= 11 is 1.76. The molecule has 3 nitrogen and oxygen atoms in total. The summed E-state index contributed by atoms with van der Waals surface area (Å²) in [5.41, 5.74) is -0.119. The van der Waals surface area contributed by atoms with Gasteiger partial charge in [0.05, 0.1) is 6.04 Å². The van der Waals surface area contributed by atoms with E-state index in [1.54, 1.807) is 11.8 Å². The van der Waals surface area contributed by atoms with Gasteiger partial charge < -0.3 is 5.32 Å². The van der Waals surface area contributed by atoms with Gasteiger partial charge in [0.25, 0.3) is 0 Å². The van der Waals surface area contributed by atoms with Crippen LogP contribution in [-0.2, 0) is 4.79 Å². The van der Waals surface area contributed by atoms with Gasteiger partial charge in [0.15, 0.2) is 0 Å². The van der Waals surface area contributed by atoms with Gasteiger partial charge in [0, 0.05) is 17.2 Å². The Balaban J connectivity index is 2.37. The average molecular weight is 188 g/mol. The predicted octanol–water partition coefficient (Wildman–Crippen LogP) is 0.564. The van der Waals surface area contributed by atoms with Crippen molar-refractivity contribution in [1.82, 2.24) is 10.6 Å². The molecular weight excluding hydrogens is 172 g/mol. The number of hydrogen-bond acceptors (Lipinski definition) is 3. The lowest BCUT2D eigenvalue weighted by atomic mass is 10.1. The third-order valence-electron chi connectivity index (χ3n) is 1.53. The molecule has 1 aliphatic heterocycles. The molecule has 1 fully saturated rings. The predicted molar refractivity (Wildman–Crippen MR) is 52.1 cm³/mol. The van der Waals surface area contributed by atoms with Crippen LogP contribution in [0.3, 0.4) is 0 Å². The maximum absolute atomic E-state index is 11.5. The molecule has 0 aromatic heterocycles. The summed E-state index contributed by atoms with van der Waals surface area (Å²) in [5, 5.41) is 6.08. The number of amides is 1. The molecule has 1 atom stereocenters. The molecule has 0 unspecified atom stereocenters. The Bertz CT molecular complexity index is 170. The summed E-state index contributed by atoms with van der Waals surface area (Å²) in [6.07, 6.45) is 0. The summed E-state index contributed by atoms with van der Waals surface area (Å²) in [6.45, 7) is 5.98. The Kier molecular flexibility index (Phi) is 3.01. The summed E-state index contributed by atoms with van der Waals surface area (Å²) in [6, 6.07) is 0.00854. The van der Waals surface area contributed by atoms with Crippen molar-refractivity contribution < 1.29 is 4.79 Å². The van der Waals surface area contributed by atoms with Crippen molar-refractivity contribution in [2.75, 3.05) is 11.6 Å². The monoisotopic (exact) mass is 188 g/mol. The van der Waals surface area contributed by atoms with Crippen molar-refractivity contribution >= 4 is 17.7 Å². The lowest BCUT2D eigenvalue weighted by Gasteiger charge is -2.22. The van der Waals surface area contributed by atoms with Crippen LogP contribution in [0.1, 0.15) is 20.8 Å². The van der Waals surface area contributed by atoms with Gasteiger partial charge >= 0.3 is 0 Å². The molecule has 0 aliphatic carbocycles. The highest BCUT2D eigenvalue weighted by Crippen LogP contribution is 2.10. The molecule has 0 aromatic carbocycles. The van der Waals surface area contributed by atoms with E-state index in [-0.39, 0.29) is 17.5 Å². The molecule has 2 N–H and O–H groups in total. The third kappa shape index (κ3) is 3.03. The van der Waals surface area contributed by atoms with Gasteiger partial charge in [-0.1, -0.05) is 0 Å². The van der Waals surface area contributed by atoms with Gasteiger partial charge in [-0.25, -0.2) is 0 Å². The van der Waals surface area contributed by atoms with E-state index in [4.69, 9.17) is 0 Å². The summed E-state index contributed by atoms with van der Waals surface area (Å²) in [7, 11) is 0. The zero-order valence-electron chi connectivity index (χ0n) is 7.81. The van der Waals surface area contributed by atoms with Crippen molar-refractivity contribution in [3.8, 4) is 0 Å². The van der Waals surface area contributed by atoms with Crippen LogP contribution in [0.2, 0.25) is 0 Å². The van der Waals surface area contributed by atoms with Crippen molar-refractivity contribution in [3.05, 3.63) is 0 Å². The van der Waals surface area contributed by atoms with Crippen LogP contribution in [0.25, 0.3) is 0 Å². The molecule has 1 rings (SSSR count). The quantitative estimate of drug-likeness (QED) is 0.632. The molecule has 0 spiro atoms. The first-order chi connectivity index (χ1) is 5.49. The second kappa shape index (κ2) is 3.66. The normalized spacial score (nSPS) is 24.1. The van der Waals surface area contributed by atoms with E-state index >= 15 is 0 Å². The minimum absolute atomic E-state index is 0.00854. The van der Waals surface area contributed by atoms with Crippen molar-refractivity contribution in [2.24, 2.45) is 0 Å². The van der Waals surface area contributed by atoms with Gasteiger partial charge in [-0.05, 0) is 20.8 Å². The molecule has 4 heteroatoms. The van der Waals surface area contributed by atoms with Gasteiger partial charge in [-0.3, -0.25) is 10.1 Å². The summed E-state index contributed by atoms with van der Waals surface area (Å²) < 4.78 is 0. The lowest BCUT2D eigenvalue weighted by molar-refractivity contribution is -0.123. The highest BCUT2D eigenvalue weighted by molar-refractivity contribution is 7.99. The van der Waals surface area contributed by atoms with Crippen LogP contribution in [0.4, 0.5) is 0 Å². The Morgan fingerprint density at radius 2 is 2.25 bits per heavy atom. The highest BCUT2D eigenvalue weighted by Gasteiger charge is 2.25. The van der Waals surface area contributed by atoms with Crippen molar-refractivity contribution in [3.63, 3.8) is 0 Å². The molecule has 1 heterocycles. The zero-order chi connectivity index (χ0) is 9.19. The fraction of sp³-hybridized carbons (Fsp3) is 0.875. The Morgan fingerprint density at radius 3 is 2.67 bits per heavy atom. The highest BCUT2D eigenvalue weighted by atomic mass is 32.2. The van der Waals surface area contributed by atoms with Gasteiger partial charge in [0.1, 0.15) is 0 Å². The Morgan fingerprint density at radius 1 is 1.58 bits per heavy atom. The number of carbonyl (C=O) groups is 1. The first kappa shape index (κ1) is 9.86. The Labute approximate surface area is 77.7 Å². The second-order valence-electron chi connectivity index (χ2n) is 4.01. The van der Waals surface area contributed by atoms with Crippen LogP contribution < -0.4 is 10.6 Å². The molecule has 12 heavy (non-hydrogen) atoms. The van der Waals surface area contributed by atoms with Crippen LogP contribution in [0.15, 0.2) is 0 Å². The average Bonchev–Trinajstić information content (AvgIpc) is 2.32. The minimum atomic E-state index is -0.119. The molecule has 1 amide bonds. The molecule has 0 aromatic rings. The number of thioether (sulfide) groups is 1. The molecule has 0 saturated carbocycles. The molecular formula is C8H16N2OS. The van der Waals surface area contributed by atoms with E-state index in [1.807, 2.05) is 20.8 Å². The van der Waals surface area contributed by atoms with Crippen molar-refractivity contribution in [1.29, 1.82) is 0 Å². The van der Waals surface area contributed by atoms with Crippen LogP contribution in [0, 0.1) is 0 Å². The van der Waals surface area contributed by atoms with E-state index < -0.39 is 0 Å². The van der Waals surface area contributed by atoms with Crippen molar-refractivity contribution in [2.45, 2.75) is 32.4 Å². The summed E-state index contributed by atoms with van der Waals surface area (Å²) in [5.74, 6) is 1.90. The maximum atomic E-state index is 11.5. The third-order valence-corrected chi connectivity index (χ3v) is 2.47. The fourth-order valence-electron chi connectivity index (χ4n) is 1.02. The SMILES string of the molecule is CC(C)(C)NC(=O)[C@H]1CSCN1. The van der Waals surface area contributed by atoms with E-state index in [1.165, 1.54) is 0 Å². The van der Waals surface area contributed by atoms with Crippen LogP contribution in [-0.4, -0.2) is 29.1 Å². The van der Waals surface area contributed by atoms with Gasteiger partial charge in [-0.2, -0.15) is 0 Å². The number of carbonyl (C=O) groups excluding carboxylic acids is 1. The zero-order valence-corrected chi connectivity index (χ0v) is 8.62. The van der Waals surface area contributed by atoms with E-state index in [9.17, 15) is 4.79 Å². The second-order valence-corrected chi connectivity index (χ2v) is 5.04. The van der Waals surface area contributed by atoms with Crippen LogP contribution >= 0.6 is 11.8 Å². The van der Waals surface area contributed by atoms with E-state index in [0.717, 1.165) is 11.6 Å². The number of hydrogen-bond donors (Lipinski definition) is 2. The van der Waals surface area contributed by atoms with Gasteiger partial charge in [-0.15, -0.1) is 11.8 Å². The van der Waals surface area contributed by atoms with E-state index in [2.05, 4.69) is 10.6 Å². The van der Waals surface area contributed by atoms with Crippen LogP contribution in [0.5, 0.6) is 0 Å². The smallest absolute Gasteiger partial charge is 0.238 e. The molecule has 1 aliphatic rings. The maximum Gasteiger partial charge on any atom is 0.238 e. The Hall–Kier alpha value is -0.220. The summed E-state index contributed by atoms with van der Waals surface area (Å²) in [4.78, 5) is 11.5. The topological polar surface area (TPSA) is 41.1 Å². The first-order valence-corrected chi connectivity index (χ1v) is 5.28. The first-order valence-electron chi connectivity index (χ1n) is 4.12. The largest absolute Gasteiger partial charge is 0.350 e. The molecule has 70 valence electrons. The minimum Gasteiger partial charge on any atom is -0.350 e.